The molecule has 1 aromatic rings. The Balaban J connectivity index is 2.17. The molecule has 1 saturated heterocycles. The number of aliphatic hydroxyl groups is 2. The highest BCUT2D eigenvalue weighted by Crippen LogP contribution is 2.64. The molecule has 0 radical (unpaired) electrons. The third-order valence-corrected chi connectivity index (χ3v) is 12.2. The number of nitrogens with zero attached hydrogens (tertiary/aromatic N) is 2. The summed E-state index contributed by atoms with van der Waals surface area (Å²) in [4.78, 5) is 66.9. The Morgan fingerprint density at radius 3 is 2.14 bits per heavy atom. The molecule has 0 spiro atoms. The second-order valence-corrected chi connectivity index (χ2v) is 15.4. The fourth-order valence-corrected chi connectivity index (χ4v) is 10.2. The lowest BCUT2D eigenvalue weighted by Gasteiger charge is -2.22. The Hall–Kier alpha value is -1.19. The van der Waals surface area contributed by atoms with E-state index in [4.69, 9.17) is 39.4 Å². The second kappa shape index (κ2) is 12.8. The molecule has 37 heavy (non-hydrogen) atoms. The summed E-state index contributed by atoms with van der Waals surface area (Å²) in [6, 6.07) is 0. The molecule has 1 fully saturated rings. The van der Waals surface area contributed by atoms with Crippen LogP contribution in [0, 0.1) is 6.92 Å². The Kier molecular flexibility index (Phi) is 11.1. The van der Waals surface area contributed by atoms with Gasteiger partial charge in [-0.3, -0.25) is 23.1 Å². The van der Waals surface area contributed by atoms with Crippen LogP contribution in [0.3, 0.4) is 0 Å². The van der Waals surface area contributed by atoms with Crippen LogP contribution in [-0.4, -0.2) is 88.6 Å². The van der Waals surface area contributed by atoms with Crippen LogP contribution in [0.5, 0.6) is 0 Å². The molecule has 2 rings (SSSR count). The third-order valence-electron chi connectivity index (χ3n) is 5.21. The molecule has 0 amide bonds. The van der Waals surface area contributed by atoms with E-state index in [0.29, 0.717) is 30.5 Å². The summed E-state index contributed by atoms with van der Waals surface area (Å²) in [6.07, 6.45) is -3.89. The van der Waals surface area contributed by atoms with Crippen molar-refractivity contribution in [1.82, 2.24) is 9.30 Å². The van der Waals surface area contributed by atoms with Crippen molar-refractivity contribution in [3.63, 3.8) is 0 Å². The van der Waals surface area contributed by atoms with Gasteiger partial charge in [0.15, 0.2) is 0 Å². The molecule has 4 atom stereocenters. The average molecular weight is 595 g/mol. The van der Waals surface area contributed by atoms with E-state index < -0.39 is 76.8 Å². The highest BCUT2D eigenvalue weighted by molar-refractivity contribution is 7.80. The van der Waals surface area contributed by atoms with E-state index in [9.17, 15) is 33.5 Å². The second-order valence-electron chi connectivity index (χ2n) is 8.58. The minimum atomic E-state index is -5.03. The predicted octanol–water partition coefficient (Wildman–Crippen LogP) is -2.11. The van der Waals surface area contributed by atoms with Crippen molar-refractivity contribution in [3.8, 4) is 0 Å². The van der Waals surface area contributed by atoms with Crippen LogP contribution in [0.4, 0.5) is 0 Å². The molecular formula is C17H32N3O14P3. The molecular weight excluding hydrogens is 563 g/mol. The quantitative estimate of drug-likeness (QED) is 0.0895. The third kappa shape index (κ3) is 9.50. The van der Waals surface area contributed by atoms with Gasteiger partial charge in [-0.2, -0.15) is 0 Å². The van der Waals surface area contributed by atoms with E-state index in [2.05, 4.69) is 0 Å². The summed E-state index contributed by atoms with van der Waals surface area (Å²) in [5, 5.41) is 20.6. The number of unbranched alkanes of at least 4 members (excludes halogenated alkanes) is 2. The normalized spacial score (nSPS) is 22.9. The maximum atomic E-state index is 12.8. The van der Waals surface area contributed by atoms with Crippen LogP contribution in [0.2, 0.25) is 0 Å². The molecule has 0 bridgehead atoms. The number of rotatable bonds is 14. The van der Waals surface area contributed by atoms with Gasteiger partial charge in [-0.1, -0.05) is 6.42 Å². The molecule has 1 aliphatic rings. The van der Waals surface area contributed by atoms with E-state index in [1.807, 2.05) is 0 Å². The molecule has 0 aliphatic carbocycles. The van der Waals surface area contributed by atoms with Crippen molar-refractivity contribution in [2.75, 3.05) is 25.0 Å². The summed E-state index contributed by atoms with van der Waals surface area (Å²) in [5.41, 5.74) is 4.12. The number of aromatic nitrogens is 2. The van der Waals surface area contributed by atoms with Crippen LogP contribution in [0.25, 0.3) is 0 Å². The first-order valence-corrected chi connectivity index (χ1v) is 16.6. The van der Waals surface area contributed by atoms with Gasteiger partial charge < -0.3 is 49.6 Å². The first-order valence-electron chi connectivity index (χ1n) is 11.0. The smallest absolute Gasteiger partial charge is 0.364 e. The van der Waals surface area contributed by atoms with Crippen molar-refractivity contribution >= 4 is 22.6 Å². The summed E-state index contributed by atoms with van der Waals surface area (Å²) >= 11 is 0. The highest BCUT2D eigenvalue weighted by Gasteiger charge is 2.47. The highest BCUT2D eigenvalue weighted by atomic mass is 31.3. The fraction of sp³-hybridized carbons (Fsp3) is 0.765. The Bertz CT molecular complexity index is 1160. The van der Waals surface area contributed by atoms with Gasteiger partial charge in [-0.15, -0.1) is 4.73 Å². The molecule has 0 unspecified atom stereocenters. The average Bonchev–Trinajstić information content (AvgIpc) is 3.01. The molecule has 0 saturated carbocycles. The van der Waals surface area contributed by atoms with E-state index in [1.165, 1.54) is 6.92 Å². The van der Waals surface area contributed by atoms with Gasteiger partial charge in [0.25, 0.3) is 11.8 Å². The molecule has 1 aromatic heterocycles. The first-order chi connectivity index (χ1) is 17.0. The van der Waals surface area contributed by atoms with Crippen molar-refractivity contribution in [2.45, 2.75) is 57.3 Å². The number of aliphatic hydroxyl groups excluding tert-OH is 2. The standard InChI is InChI=1S/C17H32N3O14P3/c1-11-7-20(17(24)19(15(11)23)6-4-2-3-5-18)34-16-14(22)13(21)12(33-16)8-32-35(25,9-36(26,27)28)10-37(29,30)31/h7,12-14,16,21-22H,2-6,8-10,18H2,1H3,(H2,26,27,28)(H2,29,30,31)/t12-,13-,14-,16-/m1/s1. The lowest BCUT2D eigenvalue weighted by Crippen LogP contribution is -2.47. The summed E-state index contributed by atoms with van der Waals surface area (Å²) < 4.78 is 47.1. The van der Waals surface area contributed by atoms with E-state index in [0.717, 1.165) is 10.8 Å². The van der Waals surface area contributed by atoms with Crippen molar-refractivity contribution < 1.29 is 57.6 Å². The van der Waals surface area contributed by atoms with Crippen LogP contribution >= 0.6 is 22.6 Å². The number of hydrogen-bond acceptors (Lipinski definition) is 11. The van der Waals surface area contributed by atoms with Gasteiger partial charge in [0, 0.05) is 12.1 Å². The van der Waals surface area contributed by atoms with Gasteiger partial charge in [0.2, 0.25) is 7.37 Å². The minimum absolute atomic E-state index is 0.0737. The van der Waals surface area contributed by atoms with Gasteiger partial charge in [0.05, 0.1) is 12.8 Å². The number of ether oxygens (including phenoxy) is 1. The van der Waals surface area contributed by atoms with Crippen molar-refractivity contribution in [1.29, 1.82) is 0 Å². The summed E-state index contributed by atoms with van der Waals surface area (Å²) in [6.45, 7) is 1.05. The maximum Gasteiger partial charge on any atom is 0.364 e. The minimum Gasteiger partial charge on any atom is -0.387 e. The zero-order chi connectivity index (χ0) is 28.2. The molecule has 214 valence electrons. The molecule has 8 N–H and O–H groups in total. The summed E-state index contributed by atoms with van der Waals surface area (Å²) in [7, 11) is -14.7. The van der Waals surface area contributed by atoms with Gasteiger partial charge in [0.1, 0.15) is 30.1 Å². The van der Waals surface area contributed by atoms with E-state index in [1.54, 1.807) is 0 Å². The summed E-state index contributed by atoms with van der Waals surface area (Å²) in [5.74, 6) is -2.95. The first kappa shape index (κ1) is 32.0. The Labute approximate surface area is 210 Å². The topological polar surface area (TPSA) is 270 Å². The molecule has 1 aliphatic heterocycles. The van der Waals surface area contributed by atoms with Crippen LogP contribution in [-0.2, 0) is 29.5 Å². The number of hydrogen-bond donors (Lipinski definition) is 7. The molecule has 0 aromatic carbocycles. The zero-order valence-electron chi connectivity index (χ0n) is 19.8. The van der Waals surface area contributed by atoms with Crippen LogP contribution in [0.15, 0.2) is 15.8 Å². The number of nitrogens with two attached hydrogens (primary N) is 1. The van der Waals surface area contributed by atoms with E-state index in [-0.39, 0.29) is 12.1 Å². The lowest BCUT2D eigenvalue weighted by molar-refractivity contribution is -0.173. The van der Waals surface area contributed by atoms with Crippen LogP contribution < -0.4 is 21.8 Å². The van der Waals surface area contributed by atoms with Gasteiger partial charge in [-0.05, 0) is 26.3 Å². The van der Waals surface area contributed by atoms with E-state index >= 15 is 0 Å². The van der Waals surface area contributed by atoms with Crippen molar-refractivity contribution in [3.05, 3.63) is 32.6 Å². The predicted molar refractivity (Wildman–Crippen MR) is 127 cm³/mol. The van der Waals surface area contributed by atoms with Crippen LogP contribution in [0.1, 0.15) is 24.8 Å². The Morgan fingerprint density at radius 2 is 1.59 bits per heavy atom. The Morgan fingerprint density at radius 1 is 1.00 bits per heavy atom. The maximum absolute atomic E-state index is 12.8. The molecule has 17 nitrogen and oxygen atoms in total. The SMILES string of the molecule is Cc1cn(O[C@H]2O[C@H](COP(=O)(CP(=O)(O)O)CP(=O)(O)O)[C@@H](O)[C@H]2O)c(=O)n(CCCCCN)c1=O. The zero-order valence-corrected chi connectivity index (χ0v) is 22.5. The lowest BCUT2D eigenvalue weighted by atomic mass is 10.1. The largest absolute Gasteiger partial charge is 0.387 e. The molecule has 2 heterocycles. The van der Waals surface area contributed by atoms with Crippen molar-refractivity contribution in [2.24, 2.45) is 5.73 Å². The van der Waals surface area contributed by atoms with Gasteiger partial charge >= 0.3 is 20.9 Å². The van der Waals surface area contributed by atoms with Gasteiger partial charge in [-0.25, -0.2) is 4.79 Å². The molecule has 20 heteroatoms. The monoisotopic (exact) mass is 595 g/mol. The number of aryl methyl sites for hydroxylation is 1. The fourth-order valence-electron chi connectivity index (χ4n) is 3.52.